The Morgan fingerprint density at radius 2 is 2.20 bits per heavy atom. The molecule has 0 aliphatic carbocycles. The zero-order valence-electron chi connectivity index (χ0n) is 15.0. The maximum Gasteiger partial charge on any atom is 0.410 e. The summed E-state index contributed by atoms with van der Waals surface area (Å²) in [5.74, 6) is 1.20. The summed E-state index contributed by atoms with van der Waals surface area (Å²) in [6.07, 6.45) is 1.86. The SMILES string of the molecule is CC(C)(C)OC(=O)N1CC(CSc2n[nH]c(=O)n2C[C@H]2CCCO2)C1. The van der Waals surface area contributed by atoms with Crippen molar-refractivity contribution in [2.45, 2.75) is 57.0 Å². The molecule has 3 heterocycles. The molecule has 1 N–H and O–H groups in total. The molecule has 0 spiro atoms. The molecule has 2 saturated heterocycles. The molecule has 0 saturated carbocycles. The Kier molecular flexibility index (Phi) is 5.43. The normalized spacial score (nSPS) is 21.4. The van der Waals surface area contributed by atoms with Crippen molar-refractivity contribution in [1.82, 2.24) is 19.7 Å². The Bertz CT molecular complexity index is 654. The second-order valence-corrected chi connectivity index (χ2v) is 8.61. The van der Waals surface area contributed by atoms with Gasteiger partial charge >= 0.3 is 11.8 Å². The van der Waals surface area contributed by atoms with Crippen molar-refractivity contribution in [2.75, 3.05) is 25.4 Å². The average molecular weight is 370 g/mol. The van der Waals surface area contributed by atoms with Crippen molar-refractivity contribution >= 4 is 17.9 Å². The number of nitrogens with zero attached hydrogens (tertiary/aromatic N) is 3. The summed E-state index contributed by atoms with van der Waals surface area (Å²) in [5.41, 5.74) is -0.661. The van der Waals surface area contributed by atoms with E-state index in [1.807, 2.05) is 20.8 Å². The van der Waals surface area contributed by atoms with Gasteiger partial charge in [-0.3, -0.25) is 4.57 Å². The monoisotopic (exact) mass is 370 g/mol. The van der Waals surface area contributed by atoms with Crippen molar-refractivity contribution in [3.63, 3.8) is 0 Å². The molecule has 25 heavy (non-hydrogen) atoms. The molecular weight excluding hydrogens is 344 g/mol. The summed E-state index contributed by atoms with van der Waals surface area (Å²) in [6.45, 7) is 8.27. The van der Waals surface area contributed by atoms with Crippen LogP contribution in [0.1, 0.15) is 33.6 Å². The third-order valence-electron chi connectivity index (χ3n) is 4.19. The summed E-state index contributed by atoms with van der Waals surface area (Å²) in [6, 6.07) is 0. The first kappa shape index (κ1) is 18.3. The van der Waals surface area contributed by atoms with Crippen LogP contribution in [0.3, 0.4) is 0 Å². The molecule has 9 heteroatoms. The van der Waals surface area contributed by atoms with Crippen LogP contribution in [-0.4, -0.2) is 62.9 Å². The van der Waals surface area contributed by atoms with Gasteiger partial charge in [0.2, 0.25) is 0 Å². The zero-order valence-corrected chi connectivity index (χ0v) is 15.8. The zero-order chi connectivity index (χ0) is 18.0. The highest BCUT2D eigenvalue weighted by atomic mass is 32.2. The van der Waals surface area contributed by atoms with E-state index < -0.39 is 5.60 Å². The van der Waals surface area contributed by atoms with Crippen LogP contribution in [-0.2, 0) is 16.0 Å². The molecule has 0 radical (unpaired) electrons. The van der Waals surface area contributed by atoms with Gasteiger partial charge in [0.05, 0.1) is 12.6 Å². The van der Waals surface area contributed by atoms with Crippen LogP contribution in [0.2, 0.25) is 0 Å². The third kappa shape index (κ3) is 4.78. The van der Waals surface area contributed by atoms with Gasteiger partial charge < -0.3 is 14.4 Å². The van der Waals surface area contributed by atoms with Gasteiger partial charge in [0, 0.05) is 31.4 Å². The maximum absolute atomic E-state index is 11.9. The number of H-pyrrole nitrogens is 1. The second-order valence-electron chi connectivity index (χ2n) is 7.62. The highest BCUT2D eigenvalue weighted by molar-refractivity contribution is 7.99. The lowest BCUT2D eigenvalue weighted by Gasteiger charge is -2.39. The van der Waals surface area contributed by atoms with Gasteiger partial charge in [0.25, 0.3) is 0 Å². The minimum absolute atomic E-state index is 0.0982. The molecule has 2 aliphatic rings. The predicted molar refractivity (Wildman–Crippen MR) is 93.8 cm³/mol. The minimum Gasteiger partial charge on any atom is -0.444 e. The highest BCUT2D eigenvalue weighted by Crippen LogP contribution is 2.26. The first-order valence-electron chi connectivity index (χ1n) is 8.69. The fraction of sp³-hybridized carbons (Fsp3) is 0.812. The smallest absolute Gasteiger partial charge is 0.410 e. The van der Waals surface area contributed by atoms with E-state index in [0.29, 0.717) is 30.7 Å². The quantitative estimate of drug-likeness (QED) is 0.794. The molecule has 1 aromatic heterocycles. The molecule has 2 fully saturated rings. The number of nitrogens with one attached hydrogen (secondary N) is 1. The van der Waals surface area contributed by atoms with Gasteiger partial charge in [-0.15, -0.1) is 5.10 Å². The molecule has 0 bridgehead atoms. The van der Waals surface area contributed by atoms with Gasteiger partial charge in [-0.1, -0.05) is 11.8 Å². The standard InChI is InChI=1S/C16H26N4O4S/c1-16(2,3)24-15(22)19-7-11(8-19)10-25-14-18-17-13(21)20(14)9-12-5-4-6-23-12/h11-12H,4-10H2,1-3H3,(H,17,21)/t12-/m1/s1. The number of thioether (sulfide) groups is 1. The minimum atomic E-state index is -0.468. The fourth-order valence-corrected chi connectivity index (χ4v) is 3.93. The van der Waals surface area contributed by atoms with Crippen LogP contribution >= 0.6 is 11.8 Å². The van der Waals surface area contributed by atoms with Gasteiger partial charge in [-0.2, -0.15) is 0 Å². The van der Waals surface area contributed by atoms with Crippen LogP contribution in [0.5, 0.6) is 0 Å². The summed E-state index contributed by atoms with van der Waals surface area (Å²) >= 11 is 1.55. The highest BCUT2D eigenvalue weighted by Gasteiger charge is 2.34. The van der Waals surface area contributed by atoms with E-state index in [0.717, 1.165) is 25.2 Å². The van der Waals surface area contributed by atoms with E-state index in [1.165, 1.54) is 0 Å². The van der Waals surface area contributed by atoms with Crippen LogP contribution in [0, 0.1) is 5.92 Å². The maximum atomic E-state index is 11.9. The van der Waals surface area contributed by atoms with Crippen molar-refractivity contribution in [2.24, 2.45) is 5.92 Å². The summed E-state index contributed by atoms with van der Waals surface area (Å²) in [4.78, 5) is 25.6. The fourth-order valence-electron chi connectivity index (χ4n) is 2.91. The lowest BCUT2D eigenvalue weighted by atomic mass is 10.0. The van der Waals surface area contributed by atoms with E-state index in [9.17, 15) is 9.59 Å². The molecule has 140 valence electrons. The van der Waals surface area contributed by atoms with Crippen molar-refractivity contribution < 1.29 is 14.3 Å². The average Bonchev–Trinajstić information content (AvgIpc) is 3.08. The predicted octanol–water partition coefficient (Wildman–Crippen LogP) is 1.71. The van der Waals surface area contributed by atoms with Gasteiger partial charge in [-0.05, 0) is 33.6 Å². The number of likely N-dealkylation sites (tertiary alicyclic amines) is 1. The van der Waals surface area contributed by atoms with Crippen LogP contribution in [0.15, 0.2) is 9.95 Å². The molecule has 0 aromatic carbocycles. The Morgan fingerprint density at radius 3 is 2.84 bits per heavy atom. The Morgan fingerprint density at radius 1 is 1.44 bits per heavy atom. The second kappa shape index (κ2) is 7.41. The molecule has 1 aromatic rings. The van der Waals surface area contributed by atoms with Gasteiger partial charge in [0.1, 0.15) is 5.60 Å². The Labute approximate surface area is 151 Å². The van der Waals surface area contributed by atoms with Crippen LogP contribution in [0.25, 0.3) is 0 Å². The number of aromatic amines is 1. The summed E-state index contributed by atoms with van der Waals surface area (Å²) in [7, 11) is 0. The van der Waals surface area contributed by atoms with Gasteiger partial charge in [0.15, 0.2) is 5.16 Å². The summed E-state index contributed by atoms with van der Waals surface area (Å²) < 4.78 is 12.6. The Hall–Kier alpha value is -1.48. The van der Waals surface area contributed by atoms with E-state index >= 15 is 0 Å². The molecule has 1 amide bonds. The number of hydrogen-bond donors (Lipinski definition) is 1. The molecular formula is C16H26N4O4S. The lowest BCUT2D eigenvalue weighted by molar-refractivity contribution is 0.00213. The van der Waals surface area contributed by atoms with Crippen LogP contribution < -0.4 is 5.69 Å². The molecule has 0 unspecified atom stereocenters. The Balaban J connectivity index is 1.46. The van der Waals surface area contributed by atoms with Crippen molar-refractivity contribution in [1.29, 1.82) is 0 Å². The number of ether oxygens (including phenoxy) is 2. The number of carbonyl (C=O) groups excluding carboxylic acids is 1. The molecule has 8 nitrogen and oxygen atoms in total. The third-order valence-corrected chi connectivity index (χ3v) is 5.40. The van der Waals surface area contributed by atoms with Crippen LogP contribution in [0.4, 0.5) is 4.79 Å². The summed E-state index contributed by atoms with van der Waals surface area (Å²) in [5, 5.41) is 7.33. The van der Waals surface area contributed by atoms with Crippen molar-refractivity contribution in [3.05, 3.63) is 10.5 Å². The van der Waals surface area contributed by atoms with Gasteiger partial charge in [-0.25, -0.2) is 14.7 Å². The van der Waals surface area contributed by atoms with Crippen molar-refractivity contribution in [3.8, 4) is 0 Å². The molecule has 2 aliphatic heterocycles. The molecule has 1 atom stereocenters. The largest absolute Gasteiger partial charge is 0.444 e. The topological polar surface area (TPSA) is 89.5 Å². The van der Waals surface area contributed by atoms with E-state index in [-0.39, 0.29) is 17.9 Å². The number of amides is 1. The van der Waals surface area contributed by atoms with E-state index in [2.05, 4.69) is 10.2 Å². The molecule has 3 rings (SSSR count). The number of rotatable bonds is 5. The lowest BCUT2D eigenvalue weighted by Crippen LogP contribution is -2.52. The number of carbonyl (C=O) groups is 1. The number of hydrogen-bond acceptors (Lipinski definition) is 6. The first-order chi connectivity index (χ1) is 11.8. The van der Waals surface area contributed by atoms with E-state index in [1.54, 1.807) is 21.2 Å². The number of aromatic nitrogens is 3. The van der Waals surface area contributed by atoms with E-state index in [4.69, 9.17) is 9.47 Å². The first-order valence-corrected chi connectivity index (χ1v) is 9.68.